The molecule has 0 spiro atoms. The molecular formula is C16H26N2O2. The largest absolute Gasteiger partial charge is 0.497 e. The molecule has 0 heterocycles. The van der Waals surface area contributed by atoms with Crippen molar-refractivity contribution >= 4 is 11.6 Å². The van der Waals surface area contributed by atoms with Crippen LogP contribution < -0.4 is 15.4 Å². The van der Waals surface area contributed by atoms with E-state index in [4.69, 9.17) is 10.5 Å². The summed E-state index contributed by atoms with van der Waals surface area (Å²) in [6.45, 7) is 5.44. The molecular weight excluding hydrogens is 252 g/mol. The molecule has 0 aliphatic heterocycles. The third kappa shape index (κ3) is 4.85. The van der Waals surface area contributed by atoms with Crippen LogP contribution in [0.2, 0.25) is 0 Å². The predicted octanol–water partition coefficient (Wildman–Crippen LogP) is 2.81. The Morgan fingerprint density at radius 3 is 2.80 bits per heavy atom. The zero-order chi connectivity index (χ0) is 15.0. The maximum Gasteiger partial charge on any atom is 0.227 e. The fourth-order valence-corrected chi connectivity index (χ4v) is 1.98. The van der Waals surface area contributed by atoms with Gasteiger partial charge >= 0.3 is 0 Å². The van der Waals surface area contributed by atoms with Crippen molar-refractivity contribution in [2.45, 2.75) is 33.1 Å². The van der Waals surface area contributed by atoms with E-state index in [2.05, 4.69) is 13.8 Å². The molecule has 112 valence electrons. The third-order valence-corrected chi connectivity index (χ3v) is 3.47. The van der Waals surface area contributed by atoms with Gasteiger partial charge in [0.05, 0.1) is 7.11 Å². The number of methoxy groups -OCH3 is 1. The van der Waals surface area contributed by atoms with E-state index in [1.54, 1.807) is 7.11 Å². The normalized spacial score (nSPS) is 12.0. The van der Waals surface area contributed by atoms with Crippen molar-refractivity contribution in [2.75, 3.05) is 25.1 Å². The minimum absolute atomic E-state index is 0.154. The molecule has 20 heavy (non-hydrogen) atoms. The van der Waals surface area contributed by atoms with Gasteiger partial charge in [0, 0.05) is 24.7 Å². The van der Waals surface area contributed by atoms with Crippen molar-refractivity contribution in [3.63, 3.8) is 0 Å². The minimum atomic E-state index is 0.154. The number of ether oxygens (including phenoxy) is 1. The van der Waals surface area contributed by atoms with Gasteiger partial charge in [-0.1, -0.05) is 26.3 Å². The summed E-state index contributed by atoms with van der Waals surface area (Å²) in [5, 5.41) is 0. The van der Waals surface area contributed by atoms with E-state index >= 15 is 0 Å². The van der Waals surface area contributed by atoms with E-state index < -0.39 is 0 Å². The monoisotopic (exact) mass is 278 g/mol. The molecule has 2 N–H and O–H groups in total. The molecule has 1 atom stereocenters. The lowest BCUT2D eigenvalue weighted by Gasteiger charge is -2.24. The van der Waals surface area contributed by atoms with Crippen molar-refractivity contribution in [1.82, 2.24) is 0 Å². The number of carbonyl (C=O) groups is 1. The summed E-state index contributed by atoms with van der Waals surface area (Å²) in [5.74, 6) is 1.31. The van der Waals surface area contributed by atoms with Crippen molar-refractivity contribution < 1.29 is 9.53 Å². The number of hydrogen-bond acceptors (Lipinski definition) is 3. The van der Waals surface area contributed by atoms with Gasteiger partial charge < -0.3 is 15.4 Å². The second-order valence-electron chi connectivity index (χ2n) is 5.11. The van der Waals surface area contributed by atoms with Crippen LogP contribution in [0.3, 0.4) is 0 Å². The maximum atomic E-state index is 12.5. The molecule has 0 fully saturated rings. The molecule has 0 radical (unpaired) electrons. The van der Waals surface area contributed by atoms with Crippen LogP contribution in [0.4, 0.5) is 5.69 Å². The van der Waals surface area contributed by atoms with E-state index in [-0.39, 0.29) is 5.91 Å². The number of benzene rings is 1. The van der Waals surface area contributed by atoms with Crippen LogP contribution in [0.15, 0.2) is 24.3 Å². The van der Waals surface area contributed by atoms with E-state index in [0.29, 0.717) is 25.4 Å². The SMILES string of the molecule is CCC(C)CC(=O)N(CCCN)c1cccc(OC)c1. The van der Waals surface area contributed by atoms with Gasteiger partial charge in [-0.25, -0.2) is 0 Å². The first-order valence-corrected chi connectivity index (χ1v) is 7.26. The Balaban J connectivity index is 2.89. The van der Waals surface area contributed by atoms with Crippen molar-refractivity contribution in [1.29, 1.82) is 0 Å². The summed E-state index contributed by atoms with van der Waals surface area (Å²) in [7, 11) is 1.63. The second kappa shape index (κ2) is 8.59. The van der Waals surface area contributed by atoms with Crippen LogP contribution in [-0.2, 0) is 4.79 Å². The molecule has 1 unspecified atom stereocenters. The first kappa shape index (κ1) is 16.5. The van der Waals surface area contributed by atoms with E-state index in [0.717, 1.165) is 24.3 Å². The molecule has 0 aromatic heterocycles. The molecule has 1 aromatic carbocycles. The fourth-order valence-electron chi connectivity index (χ4n) is 1.98. The van der Waals surface area contributed by atoms with Gasteiger partial charge in [-0.05, 0) is 31.0 Å². The summed E-state index contributed by atoms with van der Waals surface area (Å²) in [4.78, 5) is 14.3. The van der Waals surface area contributed by atoms with Crippen LogP contribution in [-0.4, -0.2) is 26.1 Å². The lowest BCUT2D eigenvalue weighted by Crippen LogP contribution is -2.33. The highest BCUT2D eigenvalue weighted by Crippen LogP contribution is 2.23. The molecule has 0 saturated heterocycles. The molecule has 0 aliphatic carbocycles. The molecule has 1 rings (SSSR count). The lowest BCUT2D eigenvalue weighted by molar-refractivity contribution is -0.119. The molecule has 0 saturated carbocycles. The van der Waals surface area contributed by atoms with E-state index in [1.165, 1.54) is 0 Å². The Morgan fingerprint density at radius 1 is 1.45 bits per heavy atom. The number of rotatable bonds is 8. The predicted molar refractivity (Wildman–Crippen MR) is 83.1 cm³/mol. The van der Waals surface area contributed by atoms with Gasteiger partial charge in [0.2, 0.25) is 5.91 Å². The van der Waals surface area contributed by atoms with Crippen LogP contribution >= 0.6 is 0 Å². The highest BCUT2D eigenvalue weighted by Gasteiger charge is 2.17. The maximum absolute atomic E-state index is 12.5. The molecule has 0 aliphatic rings. The number of nitrogens with zero attached hydrogens (tertiary/aromatic N) is 1. The lowest BCUT2D eigenvalue weighted by atomic mass is 10.0. The average Bonchev–Trinajstić information content (AvgIpc) is 2.47. The number of amides is 1. The Hall–Kier alpha value is -1.55. The summed E-state index contributed by atoms with van der Waals surface area (Å²) in [6, 6.07) is 7.61. The van der Waals surface area contributed by atoms with Crippen LogP contribution in [0.5, 0.6) is 5.75 Å². The Morgan fingerprint density at radius 2 is 2.20 bits per heavy atom. The number of nitrogens with two attached hydrogens (primary N) is 1. The molecule has 0 bridgehead atoms. The van der Waals surface area contributed by atoms with Crippen molar-refractivity contribution in [3.05, 3.63) is 24.3 Å². The summed E-state index contributed by atoms with van der Waals surface area (Å²) < 4.78 is 5.23. The fraction of sp³-hybridized carbons (Fsp3) is 0.562. The Labute approximate surface area is 121 Å². The number of hydrogen-bond donors (Lipinski definition) is 1. The van der Waals surface area contributed by atoms with Gasteiger partial charge in [-0.15, -0.1) is 0 Å². The van der Waals surface area contributed by atoms with Crippen LogP contribution in [0.25, 0.3) is 0 Å². The topological polar surface area (TPSA) is 55.6 Å². The highest BCUT2D eigenvalue weighted by molar-refractivity contribution is 5.93. The zero-order valence-corrected chi connectivity index (χ0v) is 12.8. The van der Waals surface area contributed by atoms with Gasteiger partial charge in [-0.2, -0.15) is 0 Å². The van der Waals surface area contributed by atoms with Crippen LogP contribution in [0.1, 0.15) is 33.1 Å². The Bertz CT molecular complexity index is 421. The highest BCUT2D eigenvalue weighted by atomic mass is 16.5. The zero-order valence-electron chi connectivity index (χ0n) is 12.8. The summed E-state index contributed by atoms with van der Waals surface area (Å²) in [5.41, 5.74) is 6.46. The number of carbonyl (C=O) groups excluding carboxylic acids is 1. The smallest absolute Gasteiger partial charge is 0.227 e. The minimum Gasteiger partial charge on any atom is -0.497 e. The molecule has 1 aromatic rings. The van der Waals surface area contributed by atoms with Gasteiger partial charge in [-0.3, -0.25) is 4.79 Å². The first-order valence-electron chi connectivity index (χ1n) is 7.26. The van der Waals surface area contributed by atoms with Crippen molar-refractivity contribution in [2.24, 2.45) is 11.7 Å². The van der Waals surface area contributed by atoms with E-state index in [1.807, 2.05) is 29.2 Å². The van der Waals surface area contributed by atoms with Crippen LogP contribution in [0, 0.1) is 5.92 Å². The third-order valence-electron chi connectivity index (χ3n) is 3.47. The molecule has 1 amide bonds. The molecule has 4 heteroatoms. The standard InChI is InChI=1S/C16H26N2O2/c1-4-13(2)11-16(19)18(10-6-9-17)14-7-5-8-15(12-14)20-3/h5,7-8,12-13H,4,6,9-11,17H2,1-3H3. The first-order chi connectivity index (χ1) is 9.62. The Kier molecular flexibility index (Phi) is 7.09. The average molecular weight is 278 g/mol. The quantitative estimate of drug-likeness (QED) is 0.795. The van der Waals surface area contributed by atoms with Crippen molar-refractivity contribution in [3.8, 4) is 5.75 Å². The van der Waals surface area contributed by atoms with E-state index in [9.17, 15) is 4.79 Å². The molecule has 4 nitrogen and oxygen atoms in total. The van der Waals surface area contributed by atoms with Gasteiger partial charge in [0.1, 0.15) is 5.75 Å². The number of anilines is 1. The summed E-state index contributed by atoms with van der Waals surface area (Å²) in [6.07, 6.45) is 2.37. The summed E-state index contributed by atoms with van der Waals surface area (Å²) >= 11 is 0. The second-order valence-corrected chi connectivity index (χ2v) is 5.11. The van der Waals surface area contributed by atoms with Gasteiger partial charge in [0.15, 0.2) is 0 Å². The van der Waals surface area contributed by atoms with Gasteiger partial charge in [0.25, 0.3) is 0 Å².